The van der Waals surface area contributed by atoms with Gasteiger partial charge in [0.2, 0.25) is 5.95 Å². The lowest BCUT2D eigenvalue weighted by molar-refractivity contribution is 0.251. The third-order valence-electron chi connectivity index (χ3n) is 3.63. The highest BCUT2D eigenvalue weighted by molar-refractivity contribution is 7.98. The lowest BCUT2D eigenvalue weighted by Gasteiger charge is -2.21. The summed E-state index contributed by atoms with van der Waals surface area (Å²) in [5, 5.41) is 2.93. The summed E-state index contributed by atoms with van der Waals surface area (Å²) in [5.41, 5.74) is 7.52. The largest absolute Gasteiger partial charge is 0.461 e. The fourth-order valence-electron chi connectivity index (χ4n) is 2.66. The Labute approximate surface area is 139 Å². The van der Waals surface area contributed by atoms with Crippen molar-refractivity contribution in [2.24, 2.45) is 10.7 Å². The average molecular weight is 349 g/mol. The van der Waals surface area contributed by atoms with Crippen molar-refractivity contribution in [2.75, 3.05) is 5.32 Å². The van der Waals surface area contributed by atoms with Crippen molar-refractivity contribution in [2.45, 2.75) is 17.7 Å². The van der Waals surface area contributed by atoms with E-state index in [0.29, 0.717) is 29.2 Å². The van der Waals surface area contributed by atoms with E-state index >= 15 is 0 Å². The molecule has 0 saturated heterocycles. The zero-order chi connectivity index (χ0) is 16.7. The summed E-state index contributed by atoms with van der Waals surface area (Å²) in [6.45, 7) is 0. The van der Waals surface area contributed by atoms with Crippen LogP contribution in [0.15, 0.2) is 45.8 Å². The number of aliphatic imine (C=N–C) groups is 1. The fourth-order valence-corrected chi connectivity index (χ4v) is 3.11. The molecule has 2 aromatic heterocycles. The number of alkyl halides is 2. The number of halogens is 2. The zero-order valence-corrected chi connectivity index (χ0v) is 13.1. The number of fused-ring (bicyclic) bond motifs is 3. The van der Waals surface area contributed by atoms with Crippen LogP contribution in [0.5, 0.6) is 0 Å². The van der Waals surface area contributed by atoms with Crippen molar-refractivity contribution in [3.8, 4) is 0 Å². The number of para-hydroxylation sites is 2. The molecule has 0 spiro atoms. The molecule has 3 heterocycles. The van der Waals surface area contributed by atoms with Crippen molar-refractivity contribution >= 4 is 34.7 Å². The van der Waals surface area contributed by atoms with Gasteiger partial charge in [0.1, 0.15) is 11.5 Å². The molecule has 24 heavy (non-hydrogen) atoms. The van der Waals surface area contributed by atoms with Crippen LogP contribution in [0.2, 0.25) is 0 Å². The Morgan fingerprint density at radius 2 is 2.12 bits per heavy atom. The van der Waals surface area contributed by atoms with Gasteiger partial charge >= 0.3 is 0 Å². The first-order chi connectivity index (χ1) is 11.6. The molecule has 1 aliphatic rings. The number of hydrogen-bond donors (Lipinski definition) is 2. The molecule has 1 aromatic carbocycles. The van der Waals surface area contributed by atoms with E-state index < -0.39 is 11.9 Å². The van der Waals surface area contributed by atoms with Gasteiger partial charge in [-0.3, -0.25) is 9.88 Å². The molecular weight excluding hydrogens is 336 g/mol. The van der Waals surface area contributed by atoms with E-state index in [1.54, 1.807) is 12.1 Å². The van der Waals surface area contributed by atoms with E-state index in [1.165, 1.54) is 0 Å². The number of imidazole rings is 1. The third kappa shape index (κ3) is 2.60. The minimum absolute atomic E-state index is 0.0966. The number of guanidine groups is 1. The number of rotatable bonds is 4. The van der Waals surface area contributed by atoms with Gasteiger partial charge in [-0.2, -0.15) is 8.78 Å². The normalized spacial score (nSPS) is 17.0. The molecule has 0 radical (unpaired) electrons. The molecule has 1 atom stereocenters. The zero-order valence-electron chi connectivity index (χ0n) is 12.3. The second-order valence-corrected chi connectivity index (χ2v) is 6.16. The summed E-state index contributed by atoms with van der Waals surface area (Å²) in [7, 11) is 0. The highest BCUT2D eigenvalue weighted by Crippen LogP contribution is 2.33. The number of nitrogens with two attached hydrogens (primary N) is 1. The van der Waals surface area contributed by atoms with Crippen molar-refractivity contribution < 1.29 is 13.2 Å². The molecule has 0 aliphatic carbocycles. The Kier molecular flexibility index (Phi) is 3.64. The summed E-state index contributed by atoms with van der Waals surface area (Å²) >= 11 is 0.516. The Bertz CT molecular complexity index is 920. The van der Waals surface area contributed by atoms with Crippen LogP contribution in [-0.4, -0.2) is 21.3 Å². The molecule has 124 valence electrons. The maximum absolute atomic E-state index is 12.3. The monoisotopic (exact) mass is 349 g/mol. The van der Waals surface area contributed by atoms with E-state index in [4.69, 9.17) is 10.2 Å². The number of hydrogen-bond acceptors (Lipinski definition) is 6. The van der Waals surface area contributed by atoms with E-state index in [2.05, 4.69) is 15.3 Å². The number of anilines is 1. The topological polar surface area (TPSA) is 81.4 Å². The van der Waals surface area contributed by atoms with Gasteiger partial charge in [-0.15, -0.1) is 0 Å². The summed E-state index contributed by atoms with van der Waals surface area (Å²) < 4.78 is 32.2. The van der Waals surface area contributed by atoms with Gasteiger partial charge in [0, 0.05) is 0 Å². The molecule has 1 unspecified atom stereocenters. The number of nitrogens with one attached hydrogen (secondary N) is 1. The number of aromatic nitrogens is 2. The van der Waals surface area contributed by atoms with E-state index in [0.717, 1.165) is 11.0 Å². The SMILES string of the molecule is NC1=NC(c2ccc(CSC(F)F)o2)n2c(nc3ccccc32)N1. The van der Waals surface area contributed by atoms with E-state index in [9.17, 15) is 8.78 Å². The first-order valence-electron chi connectivity index (χ1n) is 7.17. The van der Waals surface area contributed by atoms with Crippen molar-refractivity contribution in [1.29, 1.82) is 0 Å². The van der Waals surface area contributed by atoms with Crippen LogP contribution in [0, 0.1) is 0 Å². The first-order valence-corrected chi connectivity index (χ1v) is 8.22. The van der Waals surface area contributed by atoms with Gasteiger partial charge in [0.15, 0.2) is 12.1 Å². The Morgan fingerprint density at radius 3 is 2.96 bits per heavy atom. The van der Waals surface area contributed by atoms with E-state index in [1.807, 2.05) is 28.8 Å². The predicted molar refractivity (Wildman–Crippen MR) is 89.1 cm³/mol. The predicted octanol–water partition coefficient (Wildman–Crippen LogP) is 3.37. The molecule has 0 fully saturated rings. The molecular formula is C15H13F2N5OS. The summed E-state index contributed by atoms with van der Waals surface area (Å²) in [6, 6.07) is 11.0. The van der Waals surface area contributed by atoms with Crippen LogP contribution in [-0.2, 0) is 5.75 Å². The second kappa shape index (κ2) is 5.82. The Hall–Kier alpha value is -2.55. The standard InChI is InChI=1S/C15H13F2N5OS/c16-13(17)24-7-8-5-6-11(23-8)12-20-14(18)21-15-19-9-3-1-2-4-10(9)22(12)15/h1-6,12-13H,7H2,(H3,18,19,20,21). The first kappa shape index (κ1) is 15.0. The van der Waals surface area contributed by atoms with Gasteiger partial charge in [0.05, 0.1) is 16.8 Å². The lowest BCUT2D eigenvalue weighted by Crippen LogP contribution is -2.31. The van der Waals surface area contributed by atoms with Crippen molar-refractivity contribution in [3.05, 3.63) is 47.9 Å². The van der Waals surface area contributed by atoms with Crippen LogP contribution < -0.4 is 11.1 Å². The van der Waals surface area contributed by atoms with Gasteiger partial charge in [-0.1, -0.05) is 23.9 Å². The quantitative estimate of drug-likeness (QED) is 0.755. The number of thioether (sulfide) groups is 1. The van der Waals surface area contributed by atoms with Crippen molar-refractivity contribution in [3.63, 3.8) is 0 Å². The highest BCUT2D eigenvalue weighted by atomic mass is 32.2. The third-order valence-corrected chi connectivity index (χ3v) is 4.33. The molecule has 0 saturated carbocycles. The van der Waals surface area contributed by atoms with Gasteiger partial charge in [-0.05, 0) is 24.3 Å². The number of furan rings is 1. The maximum atomic E-state index is 12.3. The molecule has 3 N–H and O–H groups in total. The van der Waals surface area contributed by atoms with Gasteiger partial charge in [-0.25, -0.2) is 9.98 Å². The second-order valence-electron chi connectivity index (χ2n) is 5.18. The molecule has 6 nitrogen and oxygen atoms in total. The number of benzene rings is 1. The molecule has 3 aromatic rings. The van der Waals surface area contributed by atoms with Crippen LogP contribution >= 0.6 is 11.8 Å². The van der Waals surface area contributed by atoms with Crippen LogP contribution in [0.25, 0.3) is 11.0 Å². The fraction of sp³-hybridized carbons (Fsp3) is 0.200. The molecule has 0 bridgehead atoms. The Balaban J connectivity index is 1.74. The molecule has 9 heteroatoms. The number of nitrogens with zero attached hydrogens (tertiary/aromatic N) is 3. The van der Waals surface area contributed by atoms with E-state index in [-0.39, 0.29) is 11.7 Å². The molecule has 1 aliphatic heterocycles. The van der Waals surface area contributed by atoms with Crippen LogP contribution in [0.3, 0.4) is 0 Å². The summed E-state index contributed by atoms with van der Waals surface area (Å²) in [5.74, 6) is -0.562. The minimum Gasteiger partial charge on any atom is -0.461 e. The van der Waals surface area contributed by atoms with Gasteiger partial charge in [0.25, 0.3) is 5.76 Å². The van der Waals surface area contributed by atoms with Crippen molar-refractivity contribution in [1.82, 2.24) is 9.55 Å². The lowest BCUT2D eigenvalue weighted by atomic mass is 10.3. The molecule has 4 rings (SSSR count). The summed E-state index contributed by atoms with van der Waals surface area (Å²) in [6.07, 6.45) is -0.529. The average Bonchev–Trinajstić information content (AvgIpc) is 3.16. The van der Waals surface area contributed by atoms with Crippen LogP contribution in [0.4, 0.5) is 14.7 Å². The van der Waals surface area contributed by atoms with Gasteiger partial charge < -0.3 is 10.2 Å². The maximum Gasteiger partial charge on any atom is 0.284 e. The smallest absolute Gasteiger partial charge is 0.284 e. The minimum atomic E-state index is -2.43. The van der Waals surface area contributed by atoms with Crippen LogP contribution in [0.1, 0.15) is 17.7 Å². The Morgan fingerprint density at radius 1 is 1.29 bits per heavy atom. The molecule has 0 amide bonds. The highest BCUT2D eigenvalue weighted by Gasteiger charge is 2.27. The summed E-state index contributed by atoms with van der Waals surface area (Å²) in [4.78, 5) is 8.87.